The van der Waals surface area contributed by atoms with Crippen molar-refractivity contribution < 1.29 is 13.6 Å². The first-order chi connectivity index (χ1) is 8.99. The van der Waals surface area contributed by atoms with Gasteiger partial charge in [-0.25, -0.2) is 8.78 Å². The molecule has 0 spiro atoms. The van der Waals surface area contributed by atoms with E-state index in [4.69, 9.17) is 11.6 Å². The third-order valence-electron chi connectivity index (χ3n) is 2.93. The van der Waals surface area contributed by atoms with E-state index in [0.29, 0.717) is 16.1 Å². The van der Waals surface area contributed by atoms with Crippen LogP contribution in [0.5, 0.6) is 0 Å². The summed E-state index contributed by atoms with van der Waals surface area (Å²) in [5.74, 6) is -1.62. The molecule has 2 aromatic carbocycles. The number of carbonyl (C=O) groups is 1. The molecule has 0 amide bonds. The van der Waals surface area contributed by atoms with Crippen LogP contribution >= 0.6 is 11.6 Å². The smallest absolute Gasteiger partial charge is 0.167 e. The van der Waals surface area contributed by atoms with E-state index in [-0.39, 0.29) is 17.8 Å². The Balaban J connectivity index is 2.28. The Morgan fingerprint density at radius 1 is 1.21 bits per heavy atom. The standard InChI is InChI=1S/C15H11ClF2O/c1-9-12(3-2-4-13(9)16)15(19)7-10-5-6-11(17)8-14(10)18/h2-6,8H,7H2,1H3. The summed E-state index contributed by atoms with van der Waals surface area (Å²) in [7, 11) is 0. The number of hydrogen-bond donors (Lipinski definition) is 0. The predicted molar refractivity (Wildman–Crippen MR) is 70.6 cm³/mol. The maximum Gasteiger partial charge on any atom is 0.167 e. The Hall–Kier alpha value is -1.74. The molecule has 0 radical (unpaired) electrons. The third kappa shape index (κ3) is 2.99. The summed E-state index contributed by atoms with van der Waals surface area (Å²) in [4.78, 5) is 12.1. The van der Waals surface area contributed by atoms with Gasteiger partial charge in [-0.15, -0.1) is 0 Å². The Bertz CT molecular complexity index is 638. The fourth-order valence-electron chi connectivity index (χ4n) is 1.84. The highest BCUT2D eigenvalue weighted by atomic mass is 35.5. The molecule has 0 N–H and O–H groups in total. The van der Waals surface area contributed by atoms with Gasteiger partial charge >= 0.3 is 0 Å². The molecule has 2 rings (SSSR count). The molecule has 19 heavy (non-hydrogen) atoms. The van der Waals surface area contributed by atoms with Crippen LogP contribution in [0.2, 0.25) is 5.02 Å². The molecule has 4 heteroatoms. The molecular weight excluding hydrogens is 270 g/mol. The topological polar surface area (TPSA) is 17.1 Å². The fraction of sp³-hybridized carbons (Fsp3) is 0.133. The van der Waals surface area contributed by atoms with E-state index >= 15 is 0 Å². The van der Waals surface area contributed by atoms with Crippen LogP contribution in [-0.2, 0) is 6.42 Å². The summed E-state index contributed by atoms with van der Waals surface area (Å²) in [6.45, 7) is 1.73. The van der Waals surface area contributed by atoms with Crippen molar-refractivity contribution >= 4 is 17.4 Å². The fourth-order valence-corrected chi connectivity index (χ4v) is 2.02. The first-order valence-corrected chi connectivity index (χ1v) is 6.09. The first kappa shape index (κ1) is 13.7. The molecule has 0 aromatic heterocycles. The minimum atomic E-state index is -0.715. The van der Waals surface area contributed by atoms with Gasteiger partial charge < -0.3 is 0 Å². The number of carbonyl (C=O) groups excluding carboxylic acids is 1. The molecule has 0 fully saturated rings. The summed E-state index contributed by atoms with van der Waals surface area (Å²) in [5.41, 5.74) is 1.29. The molecule has 0 aliphatic heterocycles. The van der Waals surface area contributed by atoms with Crippen molar-refractivity contribution in [2.75, 3.05) is 0 Å². The molecular formula is C15H11ClF2O. The van der Waals surface area contributed by atoms with Crippen LogP contribution in [0, 0.1) is 18.6 Å². The molecule has 0 saturated heterocycles. The van der Waals surface area contributed by atoms with Crippen LogP contribution in [-0.4, -0.2) is 5.78 Å². The van der Waals surface area contributed by atoms with E-state index in [1.54, 1.807) is 25.1 Å². The van der Waals surface area contributed by atoms with E-state index in [1.807, 2.05) is 0 Å². The van der Waals surface area contributed by atoms with Gasteiger partial charge in [0.25, 0.3) is 0 Å². The summed E-state index contributed by atoms with van der Waals surface area (Å²) in [6.07, 6.45) is -0.118. The minimum absolute atomic E-state index is 0.118. The Morgan fingerprint density at radius 2 is 1.95 bits per heavy atom. The van der Waals surface area contributed by atoms with E-state index in [2.05, 4.69) is 0 Å². The van der Waals surface area contributed by atoms with E-state index in [0.717, 1.165) is 12.1 Å². The van der Waals surface area contributed by atoms with Gasteiger partial charge in [-0.3, -0.25) is 4.79 Å². The highest BCUT2D eigenvalue weighted by Gasteiger charge is 2.14. The zero-order chi connectivity index (χ0) is 14.0. The van der Waals surface area contributed by atoms with E-state index in [1.165, 1.54) is 6.07 Å². The molecule has 0 aliphatic rings. The number of rotatable bonds is 3. The van der Waals surface area contributed by atoms with Crippen LogP contribution in [0.4, 0.5) is 8.78 Å². The van der Waals surface area contributed by atoms with Crippen molar-refractivity contribution in [2.45, 2.75) is 13.3 Å². The molecule has 0 aliphatic carbocycles. The Morgan fingerprint density at radius 3 is 2.63 bits per heavy atom. The summed E-state index contributed by atoms with van der Waals surface area (Å²) in [6, 6.07) is 8.19. The lowest BCUT2D eigenvalue weighted by molar-refractivity contribution is 0.0991. The Labute approximate surface area is 114 Å². The quantitative estimate of drug-likeness (QED) is 0.764. The van der Waals surface area contributed by atoms with Crippen LogP contribution < -0.4 is 0 Å². The van der Waals surface area contributed by atoms with E-state index in [9.17, 15) is 13.6 Å². The van der Waals surface area contributed by atoms with Crippen molar-refractivity contribution in [2.24, 2.45) is 0 Å². The zero-order valence-corrected chi connectivity index (χ0v) is 11.0. The van der Waals surface area contributed by atoms with Gasteiger partial charge in [0.1, 0.15) is 11.6 Å². The van der Waals surface area contributed by atoms with Gasteiger partial charge in [0.2, 0.25) is 0 Å². The van der Waals surface area contributed by atoms with Gasteiger partial charge in [0.15, 0.2) is 5.78 Å². The maximum atomic E-state index is 13.5. The minimum Gasteiger partial charge on any atom is -0.294 e. The van der Waals surface area contributed by atoms with Crippen LogP contribution in [0.15, 0.2) is 36.4 Å². The lowest BCUT2D eigenvalue weighted by atomic mass is 9.99. The number of hydrogen-bond acceptors (Lipinski definition) is 1. The summed E-state index contributed by atoms with van der Waals surface area (Å²) in [5, 5.41) is 0.491. The highest BCUT2D eigenvalue weighted by Crippen LogP contribution is 2.21. The van der Waals surface area contributed by atoms with Crippen LogP contribution in [0.25, 0.3) is 0 Å². The normalized spacial score (nSPS) is 10.5. The second-order valence-electron chi connectivity index (χ2n) is 4.25. The van der Waals surface area contributed by atoms with Crippen molar-refractivity contribution in [3.63, 3.8) is 0 Å². The highest BCUT2D eigenvalue weighted by molar-refractivity contribution is 6.31. The molecule has 0 heterocycles. The van der Waals surface area contributed by atoms with Crippen molar-refractivity contribution in [3.05, 3.63) is 69.7 Å². The number of ketones is 1. The number of Topliss-reactive ketones (excluding diaryl/α,β-unsaturated/α-hetero) is 1. The van der Waals surface area contributed by atoms with Gasteiger partial charge in [-0.05, 0) is 30.2 Å². The molecule has 0 atom stereocenters. The van der Waals surface area contributed by atoms with Crippen molar-refractivity contribution in [3.8, 4) is 0 Å². The van der Waals surface area contributed by atoms with Gasteiger partial charge in [0, 0.05) is 23.1 Å². The zero-order valence-electron chi connectivity index (χ0n) is 10.2. The van der Waals surface area contributed by atoms with E-state index < -0.39 is 11.6 Å². The maximum absolute atomic E-state index is 13.5. The second kappa shape index (κ2) is 5.49. The number of halogens is 3. The molecule has 98 valence electrons. The lowest BCUT2D eigenvalue weighted by Crippen LogP contribution is -2.07. The van der Waals surface area contributed by atoms with Crippen molar-refractivity contribution in [1.82, 2.24) is 0 Å². The molecule has 0 unspecified atom stereocenters. The van der Waals surface area contributed by atoms with Gasteiger partial charge in [-0.2, -0.15) is 0 Å². The monoisotopic (exact) mass is 280 g/mol. The Kier molecular flexibility index (Phi) is 3.96. The third-order valence-corrected chi connectivity index (χ3v) is 3.34. The first-order valence-electron chi connectivity index (χ1n) is 5.71. The van der Waals surface area contributed by atoms with Gasteiger partial charge in [-0.1, -0.05) is 29.8 Å². The number of benzene rings is 2. The average molecular weight is 281 g/mol. The average Bonchev–Trinajstić information content (AvgIpc) is 2.36. The van der Waals surface area contributed by atoms with Gasteiger partial charge in [0.05, 0.1) is 0 Å². The SMILES string of the molecule is Cc1c(Cl)cccc1C(=O)Cc1ccc(F)cc1F. The molecule has 1 nitrogen and oxygen atoms in total. The molecule has 0 saturated carbocycles. The predicted octanol–water partition coefficient (Wildman–Crippen LogP) is 4.35. The van der Waals surface area contributed by atoms with Crippen LogP contribution in [0.1, 0.15) is 21.5 Å². The van der Waals surface area contributed by atoms with Crippen molar-refractivity contribution in [1.29, 1.82) is 0 Å². The van der Waals surface area contributed by atoms with Crippen LogP contribution in [0.3, 0.4) is 0 Å². The second-order valence-corrected chi connectivity index (χ2v) is 4.66. The molecule has 0 bridgehead atoms. The largest absolute Gasteiger partial charge is 0.294 e. The molecule has 2 aromatic rings. The summed E-state index contributed by atoms with van der Waals surface area (Å²) < 4.78 is 26.3. The lowest BCUT2D eigenvalue weighted by Gasteiger charge is -2.07. The summed E-state index contributed by atoms with van der Waals surface area (Å²) >= 11 is 5.94.